The number of hydrogen-bond donors (Lipinski definition) is 2. The van der Waals surface area contributed by atoms with E-state index in [1.165, 1.54) is 48.4 Å². The first-order chi connectivity index (χ1) is 15.8. The van der Waals surface area contributed by atoms with Gasteiger partial charge in [-0.1, -0.05) is 24.3 Å². The number of hydrogen-bond acceptors (Lipinski definition) is 5. The third-order valence-corrected chi connectivity index (χ3v) is 6.06. The van der Waals surface area contributed by atoms with Crippen molar-refractivity contribution < 1.29 is 28.9 Å². The van der Waals surface area contributed by atoms with Gasteiger partial charge in [0.1, 0.15) is 23.1 Å². The second kappa shape index (κ2) is 9.07. The molecule has 1 aliphatic heterocycles. The van der Waals surface area contributed by atoms with E-state index in [1.54, 1.807) is 30.3 Å². The van der Waals surface area contributed by atoms with Crippen LogP contribution in [0.4, 0.5) is 4.39 Å². The maximum absolute atomic E-state index is 13.3. The van der Waals surface area contributed by atoms with Crippen LogP contribution in [0, 0.1) is 5.82 Å². The molecule has 0 aromatic heterocycles. The molecular formula is C25H19BrFNO5. The molecule has 0 bridgehead atoms. The molecule has 8 heteroatoms. The van der Waals surface area contributed by atoms with Gasteiger partial charge in [0.15, 0.2) is 0 Å². The monoisotopic (exact) mass is 511 g/mol. The number of amides is 1. The number of Topliss-reactive ketones (excluding diaryl/α,β-unsaturated/α-hetero) is 1. The number of ether oxygens (including phenoxy) is 1. The van der Waals surface area contributed by atoms with Crippen LogP contribution in [0.15, 0.2) is 76.8 Å². The lowest BCUT2D eigenvalue weighted by atomic mass is 9.95. The predicted octanol–water partition coefficient (Wildman–Crippen LogP) is 4.92. The fraction of sp³-hybridized carbons (Fsp3) is 0.120. The molecule has 0 spiro atoms. The van der Waals surface area contributed by atoms with Gasteiger partial charge in [-0.25, -0.2) is 4.39 Å². The molecule has 4 rings (SSSR count). The van der Waals surface area contributed by atoms with Gasteiger partial charge in [0.2, 0.25) is 0 Å². The zero-order valence-electron chi connectivity index (χ0n) is 17.5. The average Bonchev–Trinajstić information content (AvgIpc) is 3.05. The first-order valence-electron chi connectivity index (χ1n) is 9.96. The second-order valence-electron chi connectivity index (χ2n) is 7.49. The summed E-state index contributed by atoms with van der Waals surface area (Å²) in [6.45, 7) is 0.0273. The molecule has 3 aromatic carbocycles. The van der Waals surface area contributed by atoms with E-state index >= 15 is 0 Å². The number of rotatable bonds is 5. The summed E-state index contributed by atoms with van der Waals surface area (Å²) >= 11 is 3.36. The fourth-order valence-corrected chi connectivity index (χ4v) is 4.34. The van der Waals surface area contributed by atoms with Crippen LogP contribution in [0.25, 0.3) is 5.76 Å². The molecule has 1 unspecified atom stereocenters. The molecule has 33 heavy (non-hydrogen) atoms. The van der Waals surface area contributed by atoms with Gasteiger partial charge in [0.05, 0.1) is 23.2 Å². The van der Waals surface area contributed by atoms with Crippen molar-refractivity contribution in [1.82, 2.24) is 4.90 Å². The number of methoxy groups -OCH3 is 1. The number of aliphatic hydroxyl groups excluding tert-OH is 1. The third kappa shape index (κ3) is 4.34. The predicted molar refractivity (Wildman–Crippen MR) is 123 cm³/mol. The first-order valence-corrected chi connectivity index (χ1v) is 10.7. The lowest BCUT2D eigenvalue weighted by molar-refractivity contribution is -0.140. The van der Waals surface area contributed by atoms with Gasteiger partial charge in [0.25, 0.3) is 11.7 Å². The molecule has 1 aliphatic rings. The fourth-order valence-electron chi connectivity index (χ4n) is 3.80. The van der Waals surface area contributed by atoms with Gasteiger partial charge < -0.3 is 19.8 Å². The van der Waals surface area contributed by atoms with Crippen LogP contribution in [-0.4, -0.2) is 33.9 Å². The molecule has 2 N–H and O–H groups in total. The van der Waals surface area contributed by atoms with E-state index in [0.29, 0.717) is 26.9 Å². The highest BCUT2D eigenvalue weighted by molar-refractivity contribution is 9.10. The summed E-state index contributed by atoms with van der Waals surface area (Å²) in [6, 6.07) is 15.6. The highest BCUT2D eigenvalue weighted by atomic mass is 79.9. The summed E-state index contributed by atoms with van der Waals surface area (Å²) in [4.78, 5) is 27.4. The lowest BCUT2D eigenvalue weighted by Gasteiger charge is -2.25. The molecule has 0 radical (unpaired) electrons. The van der Waals surface area contributed by atoms with Crippen LogP contribution in [0.5, 0.6) is 11.5 Å². The molecule has 1 atom stereocenters. The zero-order chi connectivity index (χ0) is 23.7. The number of aromatic hydroxyl groups is 1. The van der Waals surface area contributed by atoms with Crippen molar-refractivity contribution in [2.45, 2.75) is 12.6 Å². The zero-order valence-corrected chi connectivity index (χ0v) is 19.0. The first kappa shape index (κ1) is 22.5. The topological polar surface area (TPSA) is 87.1 Å². The van der Waals surface area contributed by atoms with Gasteiger partial charge in [-0.05, 0) is 69.5 Å². The van der Waals surface area contributed by atoms with Crippen molar-refractivity contribution in [2.24, 2.45) is 0 Å². The van der Waals surface area contributed by atoms with Crippen LogP contribution in [0.3, 0.4) is 0 Å². The number of phenols is 1. The maximum atomic E-state index is 13.3. The molecule has 0 saturated carbocycles. The van der Waals surface area contributed by atoms with Crippen LogP contribution in [0.1, 0.15) is 22.7 Å². The van der Waals surface area contributed by atoms with Crippen molar-refractivity contribution in [3.8, 4) is 11.5 Å². The largest absolute Gasteiger partial charge is 0.508 e. The van der Waals surface area contributed by atoms with Gasteiger partial charge in [-0.2, -0.15) is 0 Å². The van der Waals surface area contributed by atoms with E-state index in [9.17, 15) is 24.2 Å². The lowest BCUT2D eigenvalue weighted by Crippen LogP contribution is -2.29. The molecule has 6 nitrogen and oxygen atoms in total. The Hall–Kier alpha value is -3.65. The van der Waals surface area contributed by atoms with E-state index in [4.69, 9.17) is 4.74 Å². The van der Waals surface area contributed by atoms with E-state index in [1.807, 2.05) is 0 Å². The van der Waals surface area contributed by atoms with Crippen LogP contribution >= 0.6 is 15.9 Å². The summed E-state index contributed by atoms with van der Waals surface area (Å²) in [5.41, 5.74) is 1.40. The number of phenolic OH excluding ortho intramolecular Hbond substituents is 1. The highest BCUT2D eigenvalue weighted by Gasteiger charge is 2.46. The minimum atomic E-state index is -0.906. The van der Waals surface area contributed by atoms with E-state index in [-0.39, 0.29) is 23.6 Å². The van der Waals surface area contributed by atoms with E-state index in [2.05, 4.69) is 15.9 Å². The third-order valence-electron chi connectivity index (χ3n) is 5.44. The van der Waals surface area contributed by atoms with Crippen LogP contribution < -0.4 is 4.74 Å². The Morgan fingerprint density at radius 3 is 2.33 bits per heavy atom. The van der Waals surface area contributed by atoms with E-state index in [0.717, 1.165) is 0 Å². The Morgan fingerprint density at radius 1 is 1.06 bits per heavy atom. The quantitative estimate of drug-likeness (QED) is 0.288. The number of carbonyl (C=O) groups excluding carboxylic acids is 2. The Bertz CT molecular complexity index is 1250. The standard InChI is InChI=1S/C25H19BrFNO5/c1-33-20-11-6-16(12-19(20)26)23(30)21-22(15-4-9-18(29)10-5-15)28(25(32)24(21)31)13-14-2-7-17(27)8-3-14/h2-12,22,29-30H,13H2,1H3/b23-21-. The molecule has 1 amide bonds. The van der Waals surface area contributed by atoms with Gasteiger partial charge in [-0.3, -0.25) is 9.59 Å². The summed E-state index contributed by atoms with van der Waals surface area (Å²) in [6.07, 6.45) is 0. The van der Waals surface area contributed by atoms with Crippen molar-refractivity contribution in [3.05, 3.63) is 99.3 Å². The normalized spacial score (nSPS) is 17.4. The van der Waals surface area contributed by atoms with Crippen molar-refractivity contribution in [3.63, 3.8) is 0 Å². The minimum absolute atomic E-state index is 0.0216. The summed E-state index contributed by atoms with van der Waals surface area (Å²) in [7, 11) is 1.51. The average molecular weight is 512 g/mol. The minimum Gasteiger partial charge on any atom is -0.508 e. The van der Waals surface area contributed by atoms with E-state index < -0.39 is 23.5 Å². The van der Waals surface area contributed by atoms with Gasteiger partial charge in [0, 0.05) is 12.1 Å². The number of likely N-dealkylation sites (tertiary alicyclic amines) is 1. The molecule has 0 aliphatic carbocycles. The smallest absolute Gasteiger partial charge is 0.295 e. The molecular weight excluding hydrogens is 493 g/mol. The Labute approximate surface area is 197 Å². The van der Waals surface area contributed by atoms with Crippen molar-refractivity contribution in [1.29, 1.82) is 0 Å². The summed E-state index contributed by atoms with van der Waals surface area (Å²) < 4.78 is 19.1. The number of carbonyl (C=O) groups is 2. The molecule has 3 aromatic rings. The summed E-state index contributed by atoms with van der Waals surface area (Å²) in [5, 5.41) is 20.8. The molecule has 168 valence electrons. The Kier molecular flexibility index (Phi) is 6.20. The molecule has 1 saturated heterocycles. The van der Waals surface area contributed by atoms with Gasteiger partial charge in [-0.15, -0.1) is 0 Å². The van der Waals surface area contributed by atoms with Gasteiger partial charge >= 0.3 is 0 Å². The second-order valence-corrected chi connectivity index (χ2v) is 8.35. The van der Waals surface area contributed by atoms with Crippen LogP contribution in [0.2, 0.25) is 0 Å². The Balaban J connectivity index is 1.85. The maximum Gasteiger partial charge on any atom is 0.295 e. The molecule has 1 fully saturated rings. The summed E-state index contributed by atoms with van der Waals surface area (Å²) in [5.74, 6) is -1.81. The SMILES string of the molecule is COc1ccc(/C(O)=C2/C(=O)C(=O)N(Cc3ccc(F)cc3)C2c2ccc(O)cc2)cc1Br. The molecule has 1 heterocycles. The highest BCUT2D eigenvalue weighted by Crippen LogP contribution is 2.41. The Morgan fingerprint density at radius 2 is 1.73 bits per heavy atom. The number of ketones is 1. The number of benzene rings is 3. The number of aliphatic hydroxyl groups is 1. The van der Waals surface area contributed by atoms with Crippen molar-refractivity contribution in [2.75, 3.05) is 7.11 Å². The van der Waals surface area contributed by atoms with Crippen molar-refractivity contribution >= 4 is 33.4 Å². The number of nitrogens with zero attached hydrogens (tertiary/aromatic N) is 1. The number of halogens is 2. The van der Waals surface area contributed by atoms with Crippen LogP contribution in [-0.2, 0) is 16.1 Å².